The fraction of sp³-hybridized carbons (Fsp3) is 0.125. The van der Waals surface area contributed by atoms with Crippen molar-refractivity contribution in [2.24, 2.45) is 5.10 Å². The number of nitrogens with one attached hydrogen (secondary N) is 1. The largest absolute Gasteiger partial charge is 0.872 e. The lowest BCUT2D eigenvalue weighted by Crippen LogP contribution is -2.19. The number of benzene rings is 2. The highest BCUT2D eigenvalue weighted by Crippen LogP contribution is 2.19. The van der Waals surface area contributed by atoms with Gasteiger partial charge in [-0.25, -0.2) is 5.43 Å². The summed E-state index contributed by atoms with van der Waals surface area (Å²) in [6.45, 7) is 0. The molecular weight excluding hydrogens is 314 g/mol. The van der Waals surface area contributed by atoms with Crippen molar-refractivity contribution in [1.29, 1.82) is 0 Å². The molecule has 24 heavy (non-hydrogen) atoms. The zero-order valence-corrected chi connectivity index (χ0v) is 12.8. The summed E-state index contributed by atoms with van der Waals surface area (Å²) in [6.07, 6.45) is 1.18. The van der Waals surface area contributed by atoms with Crippen LogP contribution in [0, 0.1) is 10.1 Å². The summed E-state index contributed by atoms with van der Waals surface area (Å²) < 4.78 is 5.02. The number of nitro groups is 1. The van der Waals surface area contributed by atoms with E-state index in [4.69, 9.17) is 4.74 Å². The number of carbonyl (C=O) groups is 1. The number of nitro benzene ring substituents is 1. The molecule has 0 aromatic heterocycles. The van der Waals surface area contributed by atoms with E-state index in [9.17, 15) is 20.0 Å². The van der Waals surface area contributed by atoms with E-state index in [1.54, 1.807) is 31.4 Å². The quantitative estimate of drug-likeness (QED) is 0.488. The molecular formula is C16H14N3O5-. The molecule has 2 rings (SSSR count). The third-order valence-electron chi connectivity index (χ3n) is 3.12. The van der Waals surface area contributed by atoms with Gasteiger partial charge in [-0.1, -0.05) is 23.9 Å². The van der Waals surface area contributed by atoms with Gasteiger partial charge >= 0.3 is 0 Å². The van der Waals surface area contributed by atoms with Crippen LogP contribution in [0.3, 0.4) is 0 Å². The van der Waals surface area contributed by atoms with Gasteiger partial charge in [-0.2, -0.15) is 5.10 Å². The molecule has 1 amide bonds. The van der Waals surface area contributed by atoms with Crippen LogP contribution in [-0.2, 0) is 11.2 Å². The maximum Gasteiger partial charge on any atom is 0.270 e. The first-order chi connectivity index (χ1) is 11.5. The van der Waals surface area contributed by atoms with E-state index in [2.05, 4.69) is 10.5 Å². The maximum atomic E-state index is 11.8. The van der Waals surface area contributed by atoms with Crippen LogP contribution in [0.5, 0.6) is 11.5 Å². The number of amides is 1. The number of hydrogen-bond donors (Lipinski definition) is 1. The molecule has 0 atom stereocenters. The van der Waals surface area contributed by atoms with Gasteiger partial charge < -0.3 is 9.84 Å². The van der Waals surface area contributed by atoms with E-state index < -0.39 is 10.7 Å². The molecule has 0 heterocycles. The minimum Gasteiger partial charge on any atom is -0.872 e. The Bertz CT molecular complexity index is 772. The number of hydrazone groups is 1. The standard InChI is InChI=1S/C16H15N3O5/c1-24-14-5-2-11(3-6-14)8-16(21)18-17-10-12-9-13(19(22)23)4-7-15(12)20/h2-7,9-10,20H,8H2,1H3,(H,18,21)/p-1. The first-order valence-electron chi connectivity index (χ1n) is 6.90. The van der Waals surface area contributed by atoms with Crippen molar-refractivity contribution < 1.29 is 19.6 Å². The highest BCUT2D eigenvalue weighted by molar-refractivity contribution is 5.86. The van der Waals surface area contributed by atoms with Crippen molar-refractivity contribution in [3.63, 3.8) is 0 Å². The molecule has 0 aliphatic rings. The van der Waals surface area contributed by atoms with Gasteiger partial charge in [-0.05, 0) is 23.3 Å². The molecule has 2 aromatic carbocycles. The molecule has 8 nitrogen and oxygen atoms in total. The van der Waals surface area contributed by atoms with Gasteiger partial charge in [0.1, 0.15) is 5.75 Å². The molecule has 0 aliphatic carbocycles. The Morgan fingerprint density at radius 3 is 2.62 bits per heavy atom. The van der Waals surface area contributed by atoms with Crippen LogP contribution >= 0.6 is 0 Å². The van der Waals surface area contributed by atoms with Crippen molar-refractivity contribution in [3.8, 4) is 11.5 Å². The molecule has 8 heteroatoms. The summed E-state index contributed by atoms with van der Waals surface area (Å²) in [5.74, 6) is -0.117. The Morgan fingerprint density at radius 2 is 2.00 bits per heavy atom. The fourth-order valence-electron chi connectivity index (χ4n) is 1.89. The van der Waals surface area contributed by atoms with E-state index in [0.717, 1.165) is 30.0 Å². The number of ether oxygens (including phenoxy) is 1. The highest BCUT2D eigenvalue weighted by atomic mass is 16.6. The fourth-order valence-corrected chi connectivity index (χ4v) is 1.89. The molecule has 2 aromatic rings. The van der Waals surface area contributed by atoms with E-state index in [1.807, 2.05) is 0 Å². The Balaban J connectivity index is 1.96. The third-order valence-corrected chi connectivity index (χ3v) is 3.12. The summed E-state index contributed by atoms with van der Waals surface area (Å²) in [4.78, 5) is 21.8. The minimum atomic E-state index is -0.612. The number of methoxy groups -OCH3 is 1. The summed E-state index contributed by atoms with van der Waals surface area (Å²) in [7, 11) is 1.55. The van der Waals surface area contributed by atoms with Gasteiger partial charge in [0.15, 0.2) is 0 Å². The number of nitrogens with zero attached hydrogens (tertiary/aromatic N) is 2. The van der Waals surface area contributed by atoms with Gasteiger partial charge in [0.2, 0.25) is 5.91 Å². The van der Waals surface area contributed by atoms with Crippen molar-refractivity contribution >= 4 is 17.8 Å². The second kappa shape index (κ2) is 7.73. The molecule has 0 unspecified atom stereocenters. The van der Waals surface area contributed by atoms with Crippen molar-refractivity contribution in [3.05, 3.63) is 63.7 Å². The number of non-ortho nitro benzene ring substituents is 1. The second-order valence-corrected chi connectivity index (χ2v) is 4.80. The molecule has 0 saturated heterocycles. The Morgan fingerprint density at radius 1 is 1.29 bits per heavy atom. The third kappa shape index (κ3) is 4.54. The predicted molar refractivity (Wildman–Crippen MR) is 85.0 cm³/mol. The van der Waals surface area contributed by atoms with E-state index in [1.165, 1.54) is 0 Å². The normalized spacial score (nSPS) is 10.5. The molecule has 1 N–H and O–H groups in total. The average molecular weight is 328 g/mol. The van der Waals surface area contributed by atoms with E-state index >= 15 is 0 Å². The molecule has 0 radical (unpaired) electrons. The Hall–Kier alpha value is -3.42. The summed E-state index contributed by atoms with van der Waals surface area (Å²) in [5.41, 5.74) is 2.84. The zero-order chi connectivity index (χ0) is 17.5. The molecule has 0 fully saturated rings. The summed E-state index contributed by atoms with van der Waals surface area (Å²) >= 11 is 0. The van der Waals surface area contributed by atoms with Crippen LogP contribution in [0.2, 0.25) is 0 Å². The topological polar surface area (TPSA) is 117 Å². The van der Waals surface area contributed by atoms with E-state index in [0.29, 0.717) is 5.75 Å². The lowest BCUT2D eigenvalue weighted by atomic mass is 10.1. The van der Waals surface area contributed by atoms with E-state index in [-0.39, 0.29) is 23.6 Å². The van der Waals surface area contributed by atoms with Gasteiger partial charge in [0.05, 0.1) is 24.7 Å². The summed E-state index contributed by atoms with van der Waals surface area (Å²) in [6, 6.07) is 10.3. The van der Waals surface area contributed by atoms with Gasteiger partial charge in [-0.15, -0.1) is 0 Å². The van der Waals surface area contributed by atoms with Crippen molar-refractivity contribution in [2.75, 3.05) is 7.11 Å². The highest BCUT2D eigenvalue weighted by Gasteiger charge is 2.06. The maximum absolute atomic E-state index is 11.8. The molecule has 0 saturated carbocycles. The van der Waals surface area contributed by atoms with Crippen LogP contribution in [0.25, 0.3) is 0 Å². The predicted octanol–water partition coefficient (Wildman–Crippen LogP) is 1.37. The van der Waals surface area contributed by atoms with Gasteiger partial charge in [0.25, 0.3) is 5.69 Å². The van der Waals surface area contributed by atoms with Crippen molar-refractivity contribution in [2.45, 2.75) is 6.42 Å². The lowest BCUT2D eigenvalue weighted by Gasteiger charge is -2.08. The number of rotatable bonds is 6. The number of hydrogen-bond acceptors (Lipinski definition) is 6. The SMILES string of the molecule is COc1ccc(CC(=O)NN=Cc2cc([N+](=O)[O-])ccc2[O-])cc1. The molecule has 0 aliphatic heterocycles. The van der Waals surface area contributed by atoms with Crippen LogP contribution in [0.1, 0.15) is 11.1 Å². The number of carbonyl (C=O) groups excluding carboxylic acids is 1. The lowest BCUT2D eigenvalue weighted by molar-refractivity contribution is -0.385. The first kappa shape index (κ1) is 16.9. The van der Waals surface area contributed by atoms with Crippen LogP contribution in [0.4, 0.5) is 5.69 Å². The first-order valence-corrected chi connectivity index (χ1v) is 6.90. The molecule has 0 bridgehead atoms. The zero-order valence-electron chi connectivity index (χ0n) is 12.8. The van der Waals surface area contributed by atoms with Crippen LogP contribution in [-0.4, -0.2) is 24.2 Å². The van der Waals surface area contributed by atoms with Crippen LogP contribution in [0.15, 0.2) is 47.6 Å². The van der Waals surface area contributed by atoms with Crippen molar-refractivity contribution in [1.82, 2.24) is 5.43 Å². The van der Waals surface area contributed by atoms with Gasteiger partial charge in [0, 0.05) is 12.1 Å². The van der Waals surface area contributed by atoms with Crippen LogP contribution < -0.4 is 15.3 Å². The monoisotopic (exact) mass is 328 g/mol. The second-order valence-electron chi connectivity index (χ2n) is 4.80. The average Bonchev–Trinajstić information content (AvgIpc) is 2.57. The van der Waals surface area contributed by atoms with Gasteiger partial charge in [-0.3, -0.25) is 14.9 Å². The Kier molecular flexibility index (Phi) is 5.45. The summed E-state index contributed by atoms with van der Waals surface area (Å²) in [5, 5.41) is 25.9. The minimum absolute atomic E-state index is 0.0222. The molecule has 124 valence electrons. The molecule has 0 spiro atoms. The Labute approximate surface area is 137 Å². The smallest absolute Gasteiger partial charge is 0.270 e.